The third-order valence-electron chi connectivity index (χ3n) is 4.72. The molecule has 0 saturated carbocycles. The van der Waals surface area contributed by atoms with Crippen molar-refractivity contribution in [1.29, 1.82) is 0 Å². The fraction of sp³-hybridized carbons (Fsp3) is 0.115. The molecule has 0 aliphatic heterocycles. The van der Waals surface area contributed by atoms with Crippen LogP contribution in [-0.4, -0.2) is 37.6 Å². The number of anilines is 2. The van der Waals surface area contributed by atoms with Gasteiger partial charge in [0.1, 0.15) is 5.70 Å². The fourth-order valence-electron chi connectivity index (χ4n) is 2.99. The Hall–Kier alpha value is -4.04. The summed E-state index contributed by atoms with van der Waals surface area (Å²) in [5.41, 5.74) is 8.05. The molecule has 8 heteroatoms. The monoisotopic (exact) mass is 474 g/mol. The zero-order chi connectivity index (χ0) is 24.5. The molecular formula is C26H26N4O3S. The number of benzene rings is 3. The second kappa shape index (κ2) is 11.7. The third-order valence-corrected chi connectivity index (χ3v) is 5.74. The van der Waals surface area contributed by atoms with Crippen LogP contribution < -0.4 is 21.3 Å². The van der Waals surface area contributed by atoms with E-state index in [4.69, 9.17) is 5.73 Å². The van der Waals surface area contributed by atoms with E-state index in [1.54, 1.807) is 48.5 Å². The van der Waals surface area contributed by atoms with Gasteiger partial charge in [-0.05, 0) is 54.1 Å². The van der Waals surface area contributed by atoms with Crippen LogP contribution in [0.3, 0.4) is 0 Å². The summed E-state index contributed by atoms with van der Waals surface area (Å²) < 4.78 is 0. The van der Waals surface area contributed by atoms with Gasteiger partial charge in [0.2, 0.25) is 5.91 Å². The molecule has 34 heavy (non-hydrogen) atoms. The highest BCUT2D eigenvalue weighted by Crippen LogP contribution is 2.22. The van der Waals surface area contributed by atoms with E-state index in [1.807, 2.05) is 55.4 Å². The van der Waals surface area contributed by atoms with Crippen molar-refractivity contribution in [2.75, 3.05) is 30.1 Å². The third kappa shape index (κ3) is 7.25. The lowest BCUT2D eigenvalue weighted by Crippen LogP contribution is -2.30. The maximum atomic E-state index is 13.2. The summed E-state index contributed by atoms with van der Waals surface area (Å²) in [7, 11) is 3.89. The first kappa shape index (κ1) is 24.6. The number of amides is 3. The van der Waals surface area contributed by atoms with Crippen LogP contribution >= 0.6 is 11.8 Å². The van der Waals surface area contributed by atoms with E-state index in [9.17, 15) is 14.4 Å². The lowest BCUT2D eigenvalue weighted by atomic mass is 10.1. The summed E-state index contributed by atoms with van der Waals surface area (Å²) in [5, 5.41) is 5.54. The van der Waals surface area contributed by atoms with Gasteiger partial charge in [0.25, 0.3) is 11.8 Å². The average Bonchev–Trinajstić information content (AvgIpc) is 2.83. The smallest absolute Gasteiger partial charge is 0.272 e. The van der Waals surface area contributed by atoms with Crippen molar-refractivity contribution >= 4 is 46.9 Å². The number of carbonyl (C=O) groups excluding carboxylic acids is 3. The quantitative estimate of drug-likeness (QED) is 0.324. The van der Waals surface area contributed by atoms with Crippen LogP contribution in [0.4, 0.5) is 11.4 Å². The molecule has 0 aliphatic carbocycles. The molecule has 0 aromatic heterocycles. The normalized spacial score (nSPS) is 10.9. The van der Waals surface area contributed by atoms with Crippen LogP contribution in [0.1, 0.15) is 15.9 Å². The summed E-state index contributed by atoms with van der Waals surface area (Å²) in [6, 6.07) is 23.4. The van der Waals surface area contributed by atoms with Crippen LogP contribution in [0.2, 0.25) is 0 Å². The SMILES string of the molecule is CN(C)c1ccc(/C=C(/NC(=O)c2ccccc2)C(=O)Nc2cccc(SCC(N)=O)c2)cc1. The molecule has 0 spiro atoms. The Kier molecular flexibility index (Phi) is 8.48. The molecule has 3 aromatic rings. The van der Waals surface area contributed by atoms with Crippen LogP contribution in [0, 0.1) is 0 Å². The summed E-state index contributed by atoms with van der Waals surface area (Å²) in [6.45, 7) is 0. The maximum Gasteiger partial charge on any atom is 0.272 e. The number of carbonyl (C=O) groups is 3. The summed E-state index contributed by atoms with van der Waals surface area (Å²) in [5.74, 6) is -1.15. The molecule has 0 saturated heterocycles. The maximum absolute atomic E-state index is 13.2. The van der Waals surface area contributed by atoms with Gasteiger partial charge in [-0.15, -0.1) is 11.8 Å². The van der Waals surface area contributed by atoms with E-state index in [-0.39, 0.29) is 11.4 Å². The molecule has 4 N–H and O–H groups in total. The van der Waals surface area contributed by atoms with Crippen LogP contribution in [-0.2, 0) is 9.59 Å². The van der Waals surface area contributed by atoms with Crippen molar-refractivity contribution in [2.45, 2.75) is 4.90 Å². The Morgan fingerprint density at radius 3 is 2.29 bits per heavy atom. The topological polar surface area (TPSA) is 105 Å². The van der Waals surface area contributed by atoms with Crippen molar-refractivity contribution in [3.63, 3.8) is 0 Å². The van der Waals surface area contributed by atoms with Gasteiger partial charge < -0.3 is 21.3 Å². The Balaban J connectivity index is 1.85. The Labute approximate surface area is 203 Å². The molecule has 0 bridgehead atoms. The number of rotatable bonds is 9. The number of nitrogens with zero attached hydrogens (tertiary/aromatic N) is 1. The number of nitrogens with two attached hydrogens (primary N) is 1. The lowest BCUT2D eigenvalue weighted by molar-refractivity contribution is -0.115. The van der Waals surface area contributed by atoms with Crippen molar-refractivity contribution in [3.8, 4) is 0 Å². The van der Waals surface area contributed by atoms with E-state index >= 15 is 0 Å². The number of nitrogens with one attached hydrogen (secondary N) is 2. The number of primary amides is 1. The van der Waals surface area contributed by atoms with Crippen molar-refractivity contribution < 1.29 is 14.4 Å². The summed E-state index contributed by atoms with van der Waals surface area (Å²) in [6.07, 6.45) is 1.63. The van der Waals surface area contributed by atoms with E-state index < -0.39 is 17.7 Å². The Morgan fingerprint density at radius 1 is 0.941 bits per heavy atom. The second-order valence-corrected chi connectivity index (χ2v) is 8.65. The Morgan fingerprint density at radius 2 is 1.65 bits per heavy atom. The largest absolute Gasteiger partial charge is 0.378 e. The molecule has 7 nitrogen and oxygen atoms in total. The molecule has 0 unspecified atom stereocenters. The standard InChI is InChI=1S/C26H26N4O3S/c1-30(2)21-13-11-18(12-14-21)15-23(29-25(32)19-7-4-3-5-8-19)26(33)28-20-9-6-10-22(16-20)34-17-24(27)31/h3-16H,17H2,1-2H3,(H2,27,31)(H,28,33)(H,29,32)/b23-15+. The van der Waals surface area contributed by atoms with Gasteiger partial charge in [-0.25, -0.2) is 0 Å². The molecule has 174 valence electrons. The van der Waals surface area contributed by atoms with Crippen molar-refractivity contribution in [2.24, 2.45) is 5.73 Å². The summed E-state index contributed by atoms with van der Waals surface area (Å²) in [4.78, 5) is 39.7. The first-order chi connectivity index (χ1) is 16.3. The zero-order valence-electron chi connectivity index (χ0n) is 18.9. The highest BCUT2D eigenvalue weighted by Gasteiger charge is 2.15. The van der Waals surface area contributed by atoms with E-state index in [1.165, 1.54) is 11.8 Å². The van der Waals surface area contributed by atoms with E-state index in [0.29, 0.717) is 11.3 Å². The minimum atomic E-state index is -0.474. The number of hydrogen-bond acceptors (Lipinski definition) is 5. The molecule has 3 amide bonds. The molecule has 3 rings (SSSR count). The van der Waals surface area contributed by atoms with Gasteiger partial charge in [0.05, 0.1) is 5.75 Å². The second-order valence-electron chi connectivity index (χ2n) is 7.60. The predicted molar refractivity (Wildman–Crippen MR) is 138 cm³/mol. The van der Waals surface area contributed by atoms with E-state index in [2.05, 4.69) is 10.6 Å². The fourth-order valence-corrected chi connectivity index (χ4v) is 3.69. The first-order valence-corrected chi connectivity index (χ1v) is 11.5. The van der Waals surface area contributed by atoms with Gasteiger partial charge in [-0.3, -0.25) is 14.4 Å². The molecule has 0 fully saturated rings. The van der Waals surface area contributed by atoms with Gasteiger partial charge in [0, 0.05) is 35.9 Å². The Bertz CT molecular complexity index is 1190. The summed E-state index contributed by atoms with van der Waals surface area (Å²) >= 11 is 1.28. The highest BCUT2D eigenvalue weighted by atomic mass is 32.2. The van der Waals surface area contributed by atoms with Gasteiger partial charge >= 0.3 is 0 Å². The first-order valence-electron chi connectivity index (χ1n) is 10.5. The van der Waals surface area contributed by atoms with Crippen molar-refractivity contribution in [1.82, 2.24) is 5.32 Å². The van der Waals surface area contributed by atoms with Gasteiger partial charge in [-0.1, -0.05) is 36.4 Å². The highest BCUT2D eigenvalue weighted by molar-refractivity contribution is 8.00. The molecule has 3 aromatic carbocycles. The van der Waals surface area contributed by atoms with Crippen LogP contribution in [0.25, 0.3) is 6.08 Å². The van der Waals surface area contributed by atoms with Crippen LogP contribution in [0.15, 0.2) is 89.5 Å². The lowest BCUT2D eigenvalue weighted by Gasteiger charge is -2.13. The van der Waals surface area contributed by atoms with Gasteiger partial charge in [-0.2, -0.15) is 0 Å². The molecule has 0 atom stereocenters. The number of hydrogen-bond donors (Lipinski definition) is 3. The van der Waals surface area contributed by atoms with Gasteiger partial charge in [0.15, 0.2) is 0 Å². The number of thioether (sulfide) groups is 1. The minimum Gasteiger partial charge on any atom is -0.378 e. The van der Waals surface area contributed by atoms with Crippen molar-refractivity contribution in [3.05, 3.63) is 95.7 Å². The predicted octanol–water partition coefficient (Wildman–Crippen LogP) is 3.74. The molecule has 0 radical (unpaired) electrons. The molecule has 0 heterocycles. The molecular weight excluding hydrogens is 448 g/mol. The molecule has 0 aliphatic rings. The zero-order valence-corrected chi connectivity index (χ0v) is 19.8. The average molecular weight is 475 g/mol. The van der Waals surface area contributed by atoms with E-state index in [0.717, 1.165) is 16.1 Å². The van der Waals surface area contributed by atoms with Crippen LogP contribution in [0.5, 0.6) is 0 Å². The minimum absolute atomic E-state index is 0.0987.